The second-order valence-electron chi connectivity index (χ2n) is 7.64. The van der Waals surface area contributed by atoms with Gasteiger partial charge >= 0.3 is 0 Å². The number of piperidine rings is 1. The van der Waals surface area contributed by atoms with E-state index in [2.05, 4.69) is 26.8 Å². The van der Waals surface area contributed by atoms with Crippen molar-refractivity contribution in [1.29, 1.82) is 0 Å². The van der Waals surface area contributed by atoms with Crippen LogP contribution in [0.5, 0.6) is 0 Å². The zero-order chi connectivity index (χ0) is 20.1. The molecule has 0 saturated carbocycles. The first kappa shape index (κ1) is 19.4. The zero-order valence-corrected chi connectivity index (χ0v) is 17.0. The number of ketones is 1. The fourth-order valence-corrected chi connectivity index (χ4v) is 3.65. The number of hydrogen-bond acceptors (Lipinski definition) is 6. The number of nitrogens with zero attached hydrogens (tertiary/aromatic N) is 5. The number of pyridine rings is 2. The highest BCUT2D eigenvalue weighted by Crippen LogP contribution is 2.23. The zero-order valence-electron chi connectivity index (χ0n) is 17.0. The minimum Gasteiger partial charge on any atom is -0.356 e. The van der Waals surface area contributed by atoms with Crippen LogP contribution in [0, 0.1) is 0 Å². The van der Waals surface area contributed by atoms with E-state index in [1.54, 1.807) is 0 Å². The van der Waals surface area contributed by atoms with Crippen LogP contribution in [0.3, 0.4) is 0 Å². The van der Waals surface area contributed by atoms with Crippen molar-refractivity contribution in [3.8, 4) is 11.3 Å². The number of Topliss-reactive ketones (excluding diaryl/α,β-unsaturated/α-hetero) is 1. The number of carbonyl (C=O) groups excluding carboxylic acids is 1. The van der Waals surface area contributed by atoms with Crippen molar-refractivity contribution in [3.63, 3.8) is 0 Å². The largest absolute Gasteiger partial charge is 0.356 e. The lowest BCUT2D eigenvalue weighted by molar-refractivity contribution is -0.119. The van der Waals surface area contributed by atoms with E-state index in [4.69, 9.17) is 4.98 Å². The molecule has 6 heteroatoms. The van der Waals surface area contributed by atoms with Gasteiger partial charge in [0.1, 0.15) is 17.4 Å². The molecule has 0 unspecified atom stereocenters. The molecule has 0 bridgehead atoms. The van der Waals surface area contributed by atoms with Gasteiger partial charge in [-0.25, -0.2) is 19.9 Å². The Morgan fingerprint density at radius 2 is 1.79 bits per heavy atom. The molecule has 4 heterocycles. The molecule has 3 aromatic rings. The molecular weight excluding hydrogens is 362 g/mol. The number of fused-ring (bicyclic) bond motifs is 1. The summed E-state index contributed by atoms with van der Waals surface area (Å²) in [7, 11) is 0. The number of hydrogen-bond donors (Lipinski definition) is 0. The lowest BCUT2D eigenvalue weighted by atomic mass is 10.1. The lowest BCUT2D eigenvalue weighted by Crippen LogP contribution is -2.34. The summed E-state index contributed by atoms with van der Waals surface area (Å²) in [6.07, 6.45) is 10.7. The molecule has 0 spiro atoms. The number of unbranched alkanes of at least 4 members (excludes halogenated alkanes) is 3. The number of aryl methyl sites for hydroxylation is 1. The van der Waals surface area contributed by atoms with Crippen molar-refractivity contribution in [2.45, 2.75) is 51.9 Å². The van der Waals surface area contributed by atoms with Crippen LogP contribution >= 0.6 is 0 Å². The van der Waals surface area contributed by atoms with E-state index < -0.39 is 0 Å². The molecule has 0 aliphatic carbocycles. The number of anilines is 1. The van der Waals surface area contributed by atoms with E-state index in [1.807, 2.05) is 36.7 Å². The Balaban J connectivity index is 1.50. The fourth-order valence-electron chi connectivity index (χ4n) is 3.65. The molecule has 1 aliphatic rings. The van der Waals surface area contributed by atoms with Gasteiger partial charge < -0.3 is 4.90 Å². The van der Waals surface area contributed by atoms with Crippen molar-refractivity contribution < 1.29 is 4.79 Å². The fraction of sp³-hybridized carbons (Fsp3) is 0.435. The molecule has 6 nitrogen and oxygen atoms in total. The highest BCUT2D eigenvalue weighted by molar-refractivity contribution is 5.81. The predicted molar refractivity (Wildman–Crippen MR) is 115 cm³/mol. The Morgan fingerprint density at radius 3 is 2.55 bits per heavy atom. The van der Waals surface area contributed by atoms with Crippen molar-refractivity contribution >= 4 is 22.6 Å². The normalized spacial score (nSPS) is 14.5. The maximum Gasteiger partial charge on any atom is 0.163 e. The molecule has 3 aromatic heterocycles. The second-order valence-corrected chi connectivity index (χ2v) is 7.64. The predicted octanol–water partition coefficient (Wildman–Crippen LogP) is 4.38. The van der Waals surface area contributed by atoms with E-state index >= 15 is 0 Å². The summed E-state index contributed by atoms with van der Waals surface area (Å²) in [5.74, 6) is 2.12. The van der Waals surface area contributed by atoms with Crippen molar-refractivity contribution in [2.24, 2.45) is 0 Å². The third-order valence-corrected chi connectivity index (χ3v) is 5.44. The summed E-state index contributed by atoms with van der Waals surface area (Å²) >= 11 is 0. The average Bonchev–Trinajstić information content (AvgIpc) is 2.77. The van der Waals surface area contributed by atoms with Crippen LogP contribution in [0.25, 0.3) is 22.3 Å². The van der Waals surface area contributed by atoms with Gasteiger partial charge in [0, 0.05) is 55.7 Å². The van der Waals surface area contributed by atoms with Gasteiger partial charge in [-0.15, -0.1) is 0 Å². The molecule has 0 amide bonds. The van der Waals surface area contributed by atoms with Gasteiger partial charge in [0.15, 0.2) is 5.65 Å². The first-order valence-corrected chi connectivity index (χ1v) is 10.6. The molecule has 1 saturated heterocycles. The molecule has 1 fully saturated rings. The van der Waals surface area contributed by atoms with Crippen molar-refractivity contribution in [1.82, 2.24) is 19.9 Å². The topological polar surface area (TPSA) is 71.9 Å². The molecule has 0 radical (unpaired) electrons. The summed E-state index contributed by atoms with van der Waals surface area (Å²) in [6.45, 7) is 3.71. The highest BCUT2D eigenvalue weighted by Gasteiger charge is 2.17. The second kappa shape index (κ2) is 9.07. The summed E-state index contributed by atoms with van der Waals surface area (Å²) in [4.78, 5) is 32.1. The minimum atomic E-state index is 0.338. The first-order chi connectivity index (χ1) is 14.2. The third kappa shape index (κ3) is 4.75. The van der Waals surface area contributed by atoms with Crippen LogP contribution in [0.15, 0.2) is 36.7 Å². The number of aromatic nitrogens is 4. The van der Waals surface area contributed by atoms with E-state index in [-0.39, 0.29) is 0 Å². The van der Waals surface area contributed by atoms with Crippen LogP contribution in [-0.2, 0) is 11.2 Å². The third-order valence-electron chi connectivity index (χ3n) is 5.44. The van der Waals surface area contributed by atoms with Gasteiger partial charge in [0.05, 0.1) is 5.69 Å². The molecule has 4 rings (SSSR count). The van der Waals surface area contributed by atoms with E-state index in [9.17, 15) is 4.79 Å². The molecule has 29 heavy (non-hydrogen) atoms. The van der Waals surface area contributed by atoms with Gasteiger partial charge in [0.2, 0.25) is 0 Å². The maximum atomic E-state index is 11.4. The summed E-state index contributed by atoms with van der Waals surface area (Å²) in [6, 6.07) is 8.06. The van der Waals surface area contributed by atoms with Gasteiger partial charge in [0.25, 0.3) is 0 Å². The Kier molecular flexibility index (Phi) is 6.08. The Labute approximate surface area is 171 Å². The summed E-state index contributed by atoms with van der Waals surface area (Å²) in [5.41, 5.74) is 2.56. The lowest BCUT2D eigenvalue weighted by Gasteiger charge is -2.27. The molecule has 0 aromatic carbocycles. The van der Waals surface area contributed by atoms with E-state index in [0.717, 1.165) is 59.9 Å². The van der Waals surface area contributed by atoms with Crippen LogP contribution in [0.1, 0.15) is 51.3 Å². The molecule has 0 N–H and O–H groups in total. The first-order valence-electron chi connectivity index (χ1n) is 10.6. The number of rotatable bonds is 7. The van der Waals surface area contributed by atoms with E-state index in [1.165, 1.54) is 19.3 Å². The highest BCUT2D eigenvalue weighted by atomic mass is 16.1. The van der Waals surface area contributed by atoms with Crippen LogP contribution < -0.4 is 4.90 Å². The molecular formula is C23H27N5O. The van der Waals surface area contributed by atoms with Crippen molar-refractivity contribution in [3.05, 3.63) is 42.5 Å². The monoisotopic (exact) mass is 389 g/mol. The summed E-state index contributed by atoms with van der Waals surface area (Å²) in [5, 5.41) is 0.952. The Bertz CT molecular complexity index is 976. The minimum absolute atomic E-state index is 0.338. The van der Waals surface area contributed by atoms with Crippen molar-refractivity contribution in [2.75, 3.05) is 18.0 Å². The quantitative estimate of drug-likeness (QED) is 0.559. The smallest absolute Gasteiger partial charge is 0.163 e. The summed E-state index contributed by atoms with van der Waals surface area (Å²) < 4.78 is 0. The van der Waals surface area contributed by atoms with Gasteiger partial charge in [-0.2, -0.15) is 0 Å². The van der Waals surface area contributed by atoms with E-state index in [0.29, 0.717) is 18.6 Å². The standard InChI is InChI=1S/C23H27N5O/c1-2-3-4-5-6-21-24-16-18-7-9-20(26-23(18)27-21)17-8-10-22(25-15-17)28-13-11-19(29)12-14-28/h7-10,15-16H,2-6,11-14H2,1H3. The Morgan fingerprint density at radius 1 is 0.931 bits per heavy atom. The maximum absolute atomic E-state index is 11.4. The Hall–Kier alpha value is -2.89. The SMILES string of the molecule is CCCCCCc1ncc2ccc(-c3ccc(N4CCC(=O)CC4)nc3)nc2n1. The van der Waals surface area contributed by atoms with Gasteiger partial charge in [-0.05, 0) is 30.7 Å². The van der Waals surface area contributed by atoms with Gasteiger partial charge in [-0.3, -0.25) is 4.79 Å². The molecule has 150 valence electrons. The van der Waals surface area contributed by atoms with Crippen LogP contribution in [0.4, 0.5) is 5.82 Å². The average molecular weight is 390 g/mol. The van der Waals surface area contributed by atoms with Gasteiger partial charge in [-0.1, -0.05) is 26.2 Å². The van der Waals surface area contributed by atoms with Crippen LogP contribution in [0.2, 0.25) is 0 Å². The number of carbonyl (C=O) groups is 1. The van der Waals surface area contributed by atoms with Crippen LogP contribution in [-0.4, -0.2) is 38.8 Å². The molecule has 0 atom stereocenters. The molecule has 1 aliphatic heterocycles.